The van der Waals surface area contributed by atoms with E-state index in [-0.39, 0.29) is 19.2 Å². The first-order valence-electron chi connectivity index (χ1n) is 11.5. The molecule has 12 heteroatoms. The zero-order valence-corrected chi connectivity index (χ0v) is 25.5. The minimum atomic E-state index is -1.01. The second-order valence-electron chi connectivity index (χ2n) is 8.77. The molecule has 0 unspecified atom stereocenters. The van der Waals surface area contributed by atoms with Crippen LogP contribution in [0.4, 0.5) is 16.4 Å². The number of anilines is 2. The first-order chi connectivity index (χ1) is 18.3. The molecule has 0 aliphatic carbocycles. The molecule has 0 saturated heterocycles. The van der Waals surface area contributed by atoms with Crippen molar-refractivity contribution in [3.63, 3.8) is 0 Å². The van der Waals surface area contributed by atoms with Crippen molar-refractivity contribution in [2.45, 2.75) is 23.8 Å². The van der Waals surface area contributed by atoms with Crippen LogP contribution in [0.25, 0.3) is 10.2 Å². The third-order valence-corrected chi connectivity index (χ3v) is 10.0. The second kappa shape index (κ2) is 11.4. The maximum atomic E-state index is 13.7. The fraction of sp³-hybridized carbons (Fsp3) is 0.154. The minimum absolute atomic E-state index is 0.0169. The molecule has 2 N–H and O–H groups in total. The predicted octanol–water partition coefficient (Wildman–Crippen LogP) is 2.82. The Balaban J connectivity index is 1.38. The van der Waals surface area contributed by atoms with Gasteiger partial charge in [-0.2, -0.15) is 0 Å². The Morgan fingerprint density at radius 3 is 2.45 bits per heavy atom. The average molecular weight is 750 g/mol. The molecule has 0 saturated carbocycles. The number of hydrogen-bond donors (Lipinski definition) is 2. The second-order valence-corrected chi connectivity index (χ2v) is 15.7. The van der Waals surface area contributed by atoms with Crippen LogP contribution in [0.3, 0.4) is 0 Å². The maximum absolute atomic E-state index is 13.7. The van der Waals surface area contributed by atoms with E-state index in [0.717, 1.165) is 24.5 Å². The number of thiazole rings is 1. The molecule has 38 heavy (non-hydrogen) atoms. The van der Waals surface area contributed by atoms with Crippen molar-refractivity contribution >= 4 is 65.6 Å². The van der Waals surface area contributed by atoms with Gasteiger partial charge in [0.2, 0.25) is 0 Å². The van der Waals surface area contributed by atoms with Gasteiger partial charge in [0, 0.05) is 0 Å². The Labute approximate surface area is 246 Å². The number of para-hydroxylation sites is 1. The number of aromatic amines is 1. The van der Waals surface area contributed by atoms with Gasteiger partial charge in [-0.05, 0) is 0 Å². The van der Waals surface area contributed by atoms with Gasteiger partial charge in [-0.1, -0.05) is 0 Å². The number of aromatic nitrogens is 5. The van der Waals surface area contributed by atoms with E-state index in [1.807, 2.05) is 53.4 Å². The summed E-state index contributed by atoms with van der Waals surface area (Å²) >= 11 is 2.98. The molecule has 0 atom stereocenters. The van der Waals surface area contributed by atoms with Gasteiger partial charge in [-0.3, -0.25) is 0 Å². The summed E-state index contributed by atoms with van der Waals surface area (Å²) in [7, 11) is 0. The van der Waals surface area contributed by atoms with E-state index in [1.54, 1.807) is 23.5 Å². The van der Waals surface area contributed by atoms with Crippen LogP contribution in [-0.2, 0) is 9.97 Å². The van der Waals surface area contributed by atoms with E-state index in [1.165, 1.54) is 5.56 Å². The van der Waals surface area contributed by atoms with E-state index in [4.69, 9.17) is 4.98 Å². The van der Waals surface area contributed by atoms with Gasteiger partial charge in [0.25, 0.3) is 0 Å². The van der Waals surface area contributed by atoms with Crippen LogP contribution in [0.1, 0.15) is 35.3 Å². The van der Waals surface area contributed by atoms with Gasteiger partial charge in [0.1, 0.15) is 0 Å². The molecule has 3 aromatic carbocycles. The van der Waals surface area contributed by atoms with Crippen molar-refractivity contribution in [2.75, 3.05) is 10.2 Å². The molecule has 2 heterocycles. The summed E-state index contributed by atoms with van der Waals surface area (Å²) in [5.74, 6) is -0.239. The standard InChI is InChI=1S/C26H22I2N7O2S/c1-26(2,27)18-11-13-19(14-12-18)35(24(37)28-23-29-20-5-3-4-6-21(20)38-23)15-16-7-9-17(10-8-16)22(36)30-25-31-33-34-32-25/h3-14H,15H2,1-2H3,(H2,30,31,32,33,34,36)/q-1. The van der Waals surface area contributed by atoms with Crippen LogP contribution < -0.4 is 31.4 Å². The molecule has 0 spiro atoms. The zero-order chi connectivity index (χ0) is 26.7. The number of nitrogens with one attached hydrogen (secondary N) is 2. The quantitative estimate of drug-likeness (QED) is 0.109. The van der Waals surface area contributed by atoms with Crippen LogP contribution in [-0.4, -0.2) is 35.4 Å². The third kappa shape index (κ3) is 6.35. The topological polar surface area (TPSA) is 117 Å². The molecule has 194 valence electrons. The van der Waals surface area contributed by atoms with Crippen molar-refractivity contribution in [1.29, 1.82) is 0 Å². The summed E-state index contributed by atoms with van der Waals surface area (Å²) < 4.78 is 2.02. The van der Waals surface area contributed by atoms with Crippen molar-refractivity contribution in [3.05, 3.63) is 92.5 Å². The number of tetrazole rings is 1. The van der Waals surface area contributed by atoms with Gasteiger partial charge >= 0.3 is 249 Å². The number of alkyl halides is 1. The van der Waals surface area contributed by atoms with Gasteiger partial charge in [-0.15, -0.1) is 0 Å². The predicted molar refractivity (Wildman–Crippen MR) is 152 cm³/mol. The summed E-state index contributed by atoms with van der Waals surface area (Å²) in [6, 6.07) is 23.2. The van der Waals surface area contributed by atoms with Gasteiger partial charge in [0.15, 0.2) is 0 Å². The van der Waals surface area contributed by atoms with E-state index in [9.17, 15) is 9.59 Å². The van der Waals surface area contributed by atoms with Crippen LogP contribution in [0.2, 0.25) is 0 Å². The monoisotopic (exact) mass is 750 g/mol. The molecule has 0 fully saturated rings. The van der Waals surface area contributed by atoms with Crippen molar-refractivity contribution < 1.29 is 30.8 Å². The Morgan fingerprint density at radius 1 is 1.05 bits per heavy atom. The van der Waals surface area contributed by atoms with Gasteiger partial charge in [0.05, 0.1) is 0 Å². The number of amides is 2. The van der Waals surface area contributed by atoms with Crippen molar-refractivity contribution in [1.82, 2.24) is 25.6 Å². The van der Waals surface area contributed by atoms with E-state index in [0.29, 0.717) is 12.1 Å². The number of hydrogen-bond acceptors (Lipinski definition) is 7. The Kier molecular flexibility index (Phi) is 7.99. The first-order valence-corrected chi connectivity index (χ1v) is 15.6. The van der Waals surface area contributed by atoms with Crippen molar-refractivity contribution in [2.24, 2.45) is 0 Å². The first kappa shape index (κ1) is 26.6. The molecular formula is C26H22I2N7O2S-. The summed E-state index contributed by atoms with van der Waals surface area (Å²) in [5.41, 5.74) is 4.30. The molecule has 2 aromatic heterocycles. The van der Waals surface area contributed by atoms with Gasteiger partial charge < -0.3 is 0 Å². The van der Waals surface area contributed by atoms with E-state index in [2.05, 4.69) is 74.5 Å². The average Bonchev–Trinajstić information content (AvgIpc) is 3.56. The number of benzene rings is 3. The Morgan fingerprint density at radius 2 is 1.79 bits per heavy atom. The van der Waals surface area contributed by atoms with Crippen LogP contribution in [0, 0.1) is 3.01 Å². The number of carbonyl (C=O) groups is 2. The normalized spacial score (nSPS) is 11.6. The zero-order valence-electron chi connectivity index (χ0n) is 20.4. The van der Waals surface area contributed by atoms with Crippen LogP contribution >= 0.6 is 33.9 Å². The van der Waals surface area contributed by atoms with Crippen LogP contribution in [0.15, 0.2) is 72.8 Å². The SMILES string of the molecule is CC(C)(I)c1ccc(N(Cc2ccc(C(=O)Nc3nn[nH]n3)cc2)C(=O)[I-]c2nc3ccccc3s2)cc1. The fourth-order valence-corrected chi connectivity index (χ4v) is 7.72. The summed E-state index contributed by atoms with van der Waals surface area (Å²) in [6.45, 7) is 4.68. The summed E-state index contributed by atoms with van der Waals surface area (Å²) in [5, 5.41) is 15.8. The molecule has 9 nitrogen and oxygen atoms in total. The Hall–Kier alpha value is -2.98. The summed E-state index contributed by atoms with van der Waals surface area (Å²) in [6.07, 6.45) is 0. The molecule has 0 aliphatic heterocycles. The fourth-order valence-electron chi connectivity index (χ4n) is 3.63. The van der Waals surface area contributed by atoms with E-state index >= 15 is 0 Å². The molecule has 0 radical (unpaired) electrons. The number of halogens is 2. The number of nitrogens with zero attached hydrogens (tertiary/aromatic N) is 5. The van der Waals surface area contributed by atoms with Gasteiger partial charge in [-0.25, -0.2) is 0 Å². The summed E-state index contributed by atoms with van der Waals surface area (Å²) in [4.78, 5) is 32.7. The number of carbonyl (C=O) groups excluding carboxylic acids is 2. The molecular weight excluding hydrogens is 728 g/mol. The number of rotatable bonds is 8. The molecule has 0 aliphatic rings. The number of H-pyrrole nitrogens is 1. The van der Waals surface area contributed by atoms with Crippen molar-refractivity contribution in [3.8, 4) is 0 Å². The molecule has 2 amide bonds. The van der Waals surface area contributed by atoms with Crippen LogP contribution in [0.5, 0.6) is 0 Å². The van der Waals surface area contributed by atoms with E-state index < -0.39 is 21.2 Å². The molecule has 5 rings (SSSR count). The third-order valence-electron chi connectivity index (χ3n) is 5.63. The Bertz CT molecular complexity index is 1530. The number of fused-ring (bicyclic) bond motifs is 1. The molecule has 5 aromatic rings. The molecule has 0 bridgehead atoms.